The van der Waals surface area contributed by atoms with E-state index in [1.807, 2.05) is 4.90 Å². The number of ether oxygens (including phenoxy) is 1. The van der Waals surface area contributed by atoms with Crippen molar-refractivity contribution in [2.24, 2.45) is 5.73 Å². The van der Waals surface area contributed by atoms with Crippen LogP contribution in [-0.4, -0.2) is 37.4 Å². The second-order valence-corrected chi connectivity index (χ2v) is 7.51. The molecular formula is C17H15Cl2N3O3S. The summed E-state index contributed by atoms with van der Waals surface area (Å²) in [6.07, 6.45) is 0. The molecular weight excluding hydrogens is 397 g/mol. The van der Waals surface area contributed by atoms with E-state index >= 15 is 0 Å². The summed E-state index contributed by atoms with van der Waals surface area (Å²) < 4.78 is 5.33. The van der Waals surface area contributed by atoms with E-state index in [9.17, 15) is 15.2 Å². The minimum absolute atomic E-state index is 0.0571. The van der Waals surface area contributed by atoms with Gasteiger partial charge in [-0.3, -0.25) is 0 Å². The Morgan fingerprint density at radius 1 is 1.35 bits per heavy atom. The van der Waals surface area contributed by atoms with E-state index in [0.717, 1.165) is 11.3 Å². The molecule has 0 spiro atoms. The van der Waals surface area contributed by atoms with Crippen LogP contribution in [-0.2, 0) is 4.74 Å². The van der Waals surface area contributed by atoms with Crippen LogP contribution < -0.4 is 10.6 Å². The van der Waals surface area contributed by atoms with Crippen LogP contribution in [0.4, 0.5) is 5.00 Å². The van der Waals surface area contributed by atoms with E-state index < -0.39 is 12.0 Å². The molecule has 2 aromatic rings. The van der Waals surface area contributed by atoms with Crippen LogP contribution >= 0.6 is 34.5 Å². The smallest absolute Gasteiger partial charge is 0.346 e. The molecule has 26 heavy (non-hydrogen) atoms. The van der Waals surface area contributed by atoms with Crippen molar-refractivity contribution in [2.45, 2.75) is 6.04 Å². The van der Waals surface area contributed by atoms with Gasteiger partial charge in [-0.05, 0) is 17.7 Å². The number of rotatable bonds is 4. The number of nitrogens with two attached hydrogens (primary N) is 1. The maximum Gasteiger partial charge on any atom is 0.346 e. The number of hydrogen-bond donors (Lipinski definition) is 2. The van der Waals surface area contributed by atoms with Crippen LogP contribution in [0, 0.1) is 11.3 Å². The lowest BCUT2D eigenvalue weighted by Crippen LogP contribution is -2.36. The van der Waals surface area contributed by atoms with Crippen LogP contribution in [0.15, 0.2) is 18.2 Å². The second-order valence-electron chi connectivity index (χ2n) is 5.69. The number of thiophene rings is 1. The average molecular weight is 412 g/mol. The third kappa shape index (κ3) is 3.52. The molecule has 1 aliphatic heterocycles. The van der Waals surface area contributed by atoms with E-state index in [2.05, 4.69) is 6.07 Å². The first-order valence-corrected chi connectivity index (χ1v) is 9.34. The molecule has 3 rings (SSSR count). The number of nitrogens with zero attached hydrogens (tertiary/aromatic N) is 2. The lowest BCUT2D eigenvalue weighted by molar-refractivity contribution is 0.0700. The number of anilines is 1. The van der Waals surface area contributed by atoms with Crippen molar-refractivity contribution < 1.29 is 14.6 Å². The first-order chi connectivity index (χ1) is 12.4. The van der Waals surface area contributed by atoms with E-state index in [1.54, 1.807) is 18.2 Å². The van der Waals surface area contributed by atoms with Gasteiger partial charge in [-0.25, -0.2) is 4.79 Å². The maximum atomic E-state index is 11.8. The van der Waals surface area contributed by atoms with Gasteiger partial charge in [0.2, 0.25) is 0 Å². The third-order valence-electron chi connectivity index (χ3n) is 4.14. The van der Waals surface area contributed by atoms with Gasteiger partial charge in [0.25, 0.3) is 0 Å². The van der Waals surface area contributed by atoms with Crippen molar-refractivity contribution in [1.82, 2.24) is 0 Å². The van der Waals surface area contributed by atoms with Crippen LogP contribution in [0.25, 0.3) is 0 Å². The summed E-state index contributed by atoms with van der Waals surface area (Å²) >= 11 is 13.1. The Balaban J connectivity index is 2.12. The Labute approximate surface area is 164 Å². The van der Waals surface area contributed by atoms with Crippen molar-refractivity contribution in [3.8, 4) is 6.07 Å². The van der Waals surface area contributed by atoms with Gasteiger partial charge < -0.3 is 20.5 Å². The zero-order valence-electron chi connectivity index (χ0n) is 13.5. The highest BCUT2D eigenvalue weighted by Gasteiger charge is 2.30. The SMILES string of the molecule is N#Cc1c(N2CCOCC2)sc(C(=O)O)c1C(N)c1ccc(Cl)c(Cl)c1. The molecule has 0 bridgehead atoms. The minimum Gasteiger partial charge on any atom is -0.477 e. The number of hydrogen-bond acceptors (Lipinski definition) is 6. The number of benzene rings is 1. The van der Waals surface area contributed by atoms with Crippen molar-refractivity contribution in [1.29, 1.82) is 5.26 Å². The fourth-order valence-electron chi connectivity index (χ4n) is 2.86. The average Bonchev–Trinajstić information content (AvgIpc) is 3.04. The quantitative estimate of drug-likeness (QED) is 0.798. The molecule has 1 aromatic carbocycles. The van der Waals surface area contributed by atoms with Gasteiger partial charge >= 0.3 is 5.97 Å². The number of morpholine rings is 1. The molecule has 2 heterocycles. The fraction of sp³-hybridized carbons (Fsp3) is 0.294. The zero-order chi connectivity index (χ0) is 18.8. The molecule has 1 saturated heterocycles. The first kappa shape index (κ1) is 19.0. The molecule has 1 fully saturated rings. The van der Waals surface area contributed by atoms with Crippen LogP contribution in [0.5, 0.6) is 0 Å². The Morgan fingerprint density at radius 3 is 2.62 bits per heavy atom. The highest BCUT2D eigenvalue weighted by Crippen LogP contribution is 2.41. The molecule has 1 aliphatic rings. The maximum absolute atomic E-state index is 11.8. The molecule has 3 N–H and O–H groups in total. The Bertz CT molecular complexity index is 888. The van der Waals surface area contributed by atoms with Crippen molar-refractivity contribution >= 4 is 45.5 Å². The topological polar surface area (TPSA) is 99.6 Å². The number of halogens is 2. The van der Waals surface area contributed by atoms with Gasteiger partial charge in [0.1, 0.15) is 15.9 Å². The number of aromatic carboxylic acids is 1. The minimum atomic E-state index is -1.11. The largest absolute Gasteiger partial charge is 0.477 e. The molecule has 0 radical (unpaired) electrons. The fourth-order valence-corrected chi connectivity index (χ4v) is 4.35. The van der Waals surface area contributed by atoms with Gasteiger partial charge in [0.15, 0.2) is 0 Å². The predicted octanol–water partition coefficient (Wildman–Crippen LogP) is 3.51. The van der Waals surface area contributed by atoms with Crippen LogP contribution in [0.2, 0.25) is 10.0 Å². The summed E-state index contributed by atoms with van der Waals surface area (Å²) in [7, 11) is 0. The highest BCUT2D eigenvalue weighted by molar-refractivity contribution is 7.18. The van der Waals surface area contributed by atoms with Gasteiger partial charge in [-0.1, -0.05) is 29.3 Å². The van der Waals surface area contributed by atoms with E-state index in [1.165, 1.54) is 0 Å². The van der Waals surface area contributed by atoms with E-state index in [4.69, 9.17) is 33.7 Å². The predicted molar refractivity (Wildman–Crippen MR) is 102 cm³/mol. The number of carbonyl (C=O) groups is 1. The highest BCUT2D eigenvalue weighted by atomic mass is 35.5. The zero-order valence-corrected chi connectivity index (χ0v) is 15.9. The van der Waals surface area contributed by atoms with Gasteiger partial charge in [0, 0.05) is 18.7 Å². The molecule has 136 valence electrons. The molecule has 1 atom stereocenters. The monoisotopic (exact) mass is 411 g/mol. The molecule has 6 nitrogen and oxygen atoms in total. The summed E-state index contributed by atoms with van der Waals surface area (Å²) in [6.45, 7) is 2.24. The number of carboxylic acids is 1. The van der Waals surface area contributed by atoms with Crippen molar-refractivity contribution in [3.63, 3.8) is 0 Å². The molecule has 1 unspecified atom stereocenters. The van der Waals surface area contributed by atoms with Crippen LogP contribution in [0.3, 0.4) is 0 Å². The van der Waals surface area contributed by atoms with Crippen molar-refractivity contribution in [3.05, 3.63) is 49.8 Å². The Morgan fingerprint density at radius 2 is 2.04 bits per heavy atom. The molecule has 9 heteroatoms. The summed E-state index contributed by atoms with van der Waals surface area (Å²) in [6, 6.07) is 6.20. The van der Waals surface area contributed by atoms with Gasteiger partial charge in [-0.15, -0.1) is 11.3 Å². The molecule has 0 aliphatic carbocycles. The Hall–Kier alpha value is -1.82. The summed E-state index contributed by atoms with van der Waals surface area (Å²) in [5.41, 5.74) is 7.51. The second kappa shape index (κ2) is 7.82. The first-order valence-electron chi connectivity index (χ1n) is 7.77. The van der Waals surface area contributed by atoms with E-state index in [-0.39, 0.29) is 10.4 Å². The van der Waals surface area contributed by atoms with Crippen LogP contribution in [0.1, 0.15) is 32.4 Å². The third-order valence-corrected chi connectivity index (χ3v) is 6.14. The number of nitriles is 1. The van der Waals surface area contributed by atoms with Gasteiger partial charge in [0.05, 0.1) is 34.9 Å². The number of carboxylic acid groups (broad SMARTS) is 1. The molecule has 1 aromatic heterocycles. The Kier molecular flexibility index (Phi) is 5.70. The summed E-state index contributed by atoms with van der Waals surface area (Å²) in [5.74, 6) is -1.11. The lowest BCUT2D eigenvalue weighted by Gasteiger charge is -2.27. The molecule has 0 amide bonds. The normalized spacial score (nSPS) is 15.5. The standard InChI is InChI=1S/C17H15Cl2N3O3S/c18-11-2-1-9(7-12(11)19)14(21)13-10(8-20)16(26-15(13)17(23)24)22-3-5-25-6-4-22/h1-2,7,14H,3-6,21H2,(H,23,24). The van der Waals surface area contributed by atoms with Gasteiger partial charge in [-0.2, -0.15) is 5.26 Å². The van der Waals surface area contributed by atoms with E-state index in [0.29, 0.717) is 52.5 Å². The molecule has 0 saturated carbocycles. The summed E-state index contributed by atoms with van der Waals surface area (Å²) in [5, 5.41) is 20.7. The summed E-state index contributed by atoms with van der Waals surface area (Å²) in [4.78, 5) is 13.8. The van der Waals surface area contributed by atoms with Crippen molar-refractivity contribution in [2.75, 3.05) is 31.2 Å². The lowest BCUT2D eigenvalue weighted by atomic mass is 9.96.